The smallest absolute Gasteiger partial charge is 0.295 e. The molecule has 6 nitrogen and oxygen atoms in total. The monoisotopic (exact) mass is 376 g/mol. The standard InChI is InChI=1S/C20H16N4O2S/c1-21-24(16-9-5-11-22-14-16)20(26)18(13-17-10-6-12-27-17)23-19(25)15-7-3-2-4-8-15/h2-14H,1H2,(H,23,25)/b18-13-. The number of nitrogens with one attached hydrogen (secondary N) is 1. The fraction of sp³-hybridized carbons (Fsp3) is 0. The van der Waals surface area contributed by atoms with Crippen molar-refractivity contribution in [3.05, 3.63) is 88.5 Å². The zero-order chi connectivity index (χ0) is 19.1. The van der Waals surface area contributed by atoms with Crippen molar-refractivity contribution in [3.63, 3.8) is 0 Å². The molecular formula is C20H16N4O2S. The molecule has 0 aliphatic carbocycles. The lowest BCUT2D eigenvalue weighted by Crippen LogP contribution is -2.35. The van der Waals surface area contributed by atoms with Gasteiger partial charge < -0.3 is 5.32 Å². The van der Waals surface area contributed by atoms with Crippen LogP contribution in [0.2, 0.25) is 0 Å². The molecule has 3 aromatic rings. The van der Waals surface area contributed by atoms with Gasteiger partial charge in [0.1, 0.15) is 5.70 Å². The van der Waals surface area contributed by atoms with Gasteiger partial charge in [-0.25, -0.2) is 0 Å². The van der Waals surface area contributed by atoms with E-state index in [0.717, 1.165) is 9.89 Å². The van der Waals surface area contributed by atoms with Crippen LogP contribution in [0.15, 0.2) is 83.2 Å². The summed E-state index contributed by atoms with van der Waals surface area (Å²) in [5, 5.41) is 9.46. The molecule has 0 atom stereocenters. The Morgan fingerprint density at radius 2 is 1.93 bits per heavy atom. The van der Waals surface area contributed by atoms with Gasteiger partial charge in [0.15, 0.2) is 0 Å². The number of carbonyl (C=O) groups excluding carboxylic acids is 2. The summed E-state index contributed by atoms with van der Waals surface area (Å²) >= 11 is 1.45. The molecule has 1 aromatic carbocycles. The summed E-state index contributed by atoms with van der Waals surface area (Å²) in [5.74, 6) is -0.905. The van der Waals surface area contributed by atoms with Crippen molar-refractivity contribution >= 4 is 41.6 Å². The maximum Gasteiger partial charge on any atom is 0.295 e. The molecular weight excluding hydrogens is 360 g/mol. The Hall–Kier alpha value is -3.58. The van der Waals surface area contributed by atoms with Crippen LogP contribution in [0.1, 0.15) is 15.2 Å². The lowest BCUT2D eigenvalue weighted by molar-refractivity contribution is -0.115. The van der Waals surface area contributed by atoms with E-state index < -0.39 is 5.91 Å². The SMILES string of the molecule is C=NN(C(=O)/C(=C/c1cccs1)NC(=O)c1ccccc1)c1cccnc1. The highest BCUT2D eigenvalue weighted by atomic mass is 32.1. The summed E-state index contributed by atoms with van der Waals surface area (Å²) in [6.45, 7) is 3.47. The maximum absolute atomic E-state index is 13.1. The molecule has 3 rings (SSSR count). The van der Waals surface area contributed by atoms with Gasteiger partial charge in [0, 0.05) is 23.4 Å². The molecule has 2 amide bonds. The Labute approximate surface area is 160 Å². The summed E-state index contributed by atoms with van der Waals surface area (Å²) in [6, 6.07) is 15.8. The highest BCUT2D eigenvalue weighted by molar-refractivity contribution is 7.10. The molecule has 0 aliphatic heterocycles. The zero-order valence-corrected chi connectivity index (χ0v) is 15.1. The molecule has 0 spiro atoms. The highest BCUT2D eigenvalue weighted by Crippen LogP contribution is 2.18. The van der Waals surface area contributed by atoms with Gasteiger partial charge >= 0.3 is 0 Å². The van der Waals surface area contributed by atoms with Gasteiger partial charge in [0.25, 0.3) is 11.8 Å². The highest BCUT2D eigenvalue weighted by Gasteiger charge is 2.22. The zero-order valence-electron chi connectivity index (χ0n) is 14.3. The third-order valence-corrected chi connectivity index (χ3v) is 4.39. The van der Waals surface area contributed by atoms with Gasteiger partial charge in [0.05, 0.1) is 11.9 Å². The number of thiophene rings is 1. The Morgan fingerprint density at radius 1 is 1.11 bits per heavy atom. The average molecular weight is 376 g/mol. The molecule has 0 saturated carbocycles. The van der Waals surface area contributed by atoms with Crippen molar-refractivity contribution < 1.29 is 9.59 Å². The average Bonchev–Trinajstić information content (AvgIpc) is 3.22. The van der Waals surface area contributed by atoms with Crippen molar-refractivity contribution in [1.82, 2.24) is 10.3 Å². The van der Waals surface area contributed by atoms with E-state index in [0.29, 0.717) is 11.3 Å². The number of amides is 2. The Balaban J connectivity index is 1.93. The van der Waals surface area contributed by atoms with Crippen molar-refractivity contribution in [1.29, 1.82) is 0 Å². The lowest BCUT2D eigenvalue weighted by atomic mass is 10.2. The second kappa shape index (κ2) is 8.68. The molecule has 0 bridgehead atoms. The van der Waals surface area contributed by atoms with Crippen LogP contribution in [0.4, 0.5) is 5.69 Å². The van der Waals surface area contributed by atoms with Crippen LogP contribution < -0.4 is 10.3 Å². The number of hydrogen-bond donors (Lipinski definition) is 1. The molecule has 1 N–H and O–H groups in total. The number of aromatic nitrogens is 1. The molecule has 0 unspecified atom stereocenters. The summed E-state index contributed by atoms with van der Waals surface area (Å²) < 4.78 is 0. The first kappa shape index (κ1) is 18.2. The van der Waals surface area contributed by atoms with Crippen LogP contribution in [0.3, 0.4) is 0 Å². The predicted octanol–water partition coefficient (Wildman–Crippen LogP) is 3.56. The largest absolute Gasteiger partial charge is 0.317 e. The number of carbonyl (C=O) groups is 2. The van der Waals surface area contributed by atoms with Gasteiger partial charge in [-0.1, -0.05) is 24.3 Å². The minimum Gasteiger partial charge on any atom is -0.317 e. The predicted molar refractivity (Wildman–Crippen MR) is 107 cm³/mol. The van der Waals surface area contributed by atoms with Crippen LogP contribution in [0.5, 0.6) is 0 Å². The number of anilines is 1. The minimum absolute atomic E-state index is 0.0857. The quantitative estimate of drug-likeness (QED) is 0.406. The lowest BCUT2D eigenvalue weighted by Gasteiger charge is -2.18. The van der Waals surface area contributed by atoms with Crippen molar-refractivity contribution in [2.75, 3.05) is 5.01 Å². The molecule has 2 aromatic heterocycles. The third-order valence-electron chi connectivity index (χ3n) is 3.57. The molecule has 0 aliphatic rings. The third kappa shape index (κ3) is 4.53. The number of hydrogen-bond acceptors (Lipinski definition) is 5. The van der Waals surface area contributed by atoms with E-state index in [-0.39, 0.29) is 11.6 Å². The van der Waals surface area contributed by atoms with Crippen LogP contribution in [-0.4, -0.2) is 23.5 Å². The van der Waals surface area contributed by atoms with Crippen molar-refractivity contribution in [2.24, 2.45) is 5.10 Å². The first-order valence-electron chi connectivity index (χ1n) is 8.02. The Kier molecular flexibility index (Phi) is 5.86. The number of hydrazone groups is 1. The topological polar surface area (TPSA) is 74.7 Å². The number of pyridine rings is 1. The molecule has 27 heavy (non-hydrogen) atoms. The molecule has 0 fully saturated rings. The van der Waals surface area contributed by atoms with Gasteiger partial charge in [-0.3, -0.25) is 14.6 Å². The van der Waals surface area contributed by atoms with Crippen molar-refractivity contribution in [3.8, 4) is 0 Å². The minimum atomic E-state index is -0.518. The Bertz CT molecular complexity index is 954. The summed E-state index contributed by atoms with van der Waals surface area (Å²) in [4.78, 5) is 30.4. The van der Waals surface area contributed by atoms with Gasteiger partial charge in [-0.15, -0.1) is 11.3 Å². The van der Waals surface area contributed by atoms with E-state index in [1.165, 1.54) is 17.5 Å². The summed E-state index contributed by atoms with van der Waals surface area (Å²) in [7, 11) is 0. The van der Waals surface area contributed by atoms with Crippen LogP contribution in [0.25, 0.3) is 6.08 Å². The molecule has 7 heteroatoms. The fourth-order valence-corrected chi connectivity index (χ4v) is 2.96. The number of rotatable bonds is 6. The number of nitrogens with zero attached hydrogens (tertiary/aromatic N) is 3. The summed E-state index contributed by atoms with van der Waals surface area (Å²) in [6.07, 6.45) is 4.70. The van der Waals surface area contributed by atoms with Crippen LogP contribution >= 0.6 is 11.3 Å². The van der Waals surface area contributed by atoms with Crippen LogP contribution in [0, 0.1) is 0 Å². The van der Waals surface area contributed by atoms with Gasteiger partial charge in [-0.2, -0.15) is 10.1 Å². The molecule has 0 radical (unpaired) electrons. The second-order valence-corrected chi connectivity index (χ2v) is 6.34. The van der Waals surface area contributed by atoms with Crippen LogP contribution in [-0.2, 0) is 4.79 Å². The van der Waals surface area contributed by atoms with E-state index >= 15 is 0 Å². The number of benzene rings is 1. The second-order valence-electron chi connectivity index (χ2n) is 5.36. The first-order valence-corrected chi connectivity index (χ1v) is 8.89. The molecule has 134 valence electrons. The summed E-state index contributed by atoms with van der Waals surface area (Å²) in [5.41, 5.74) is 0.980. The normalized spacial score (nSPS) is 10.9. The molecule has 2 heterocycles. The van der Waals surface area contributed by atoms with E-state index in [1.807, 2.05) is 23.6 Å². The van der Waals surface area contributed by atoms with E-state index in [9.17, 15) is 9.59 Å². The first-order chi connectivity index (χ1) is 13.2. The van der Waals surface area contributed by atoms with Crippen molar-refractivity contribution in [2.45, 2.75) is 0 Å². The van der Waals surface area contributed by atoms with E-state index in [1.54, 1.807) is 48.7 Å². The maximum atomic E-state index is 13.1. The van der Waals surface area contributed by atoms with E-state index in [4.69, 9.17) is 0 Å². The fourth-order valence-electron chi connectivity index (χ4n) is 2.31. The molecule has 0 saturated heterocycles. The van der Waals surface area contributed by atoms with E-state index in [2.05, 4.69) is 22.1 Å². The van der Waals surface area contributed by atoms with Gasteiger partial charge in [-0.05, 0) is 41.8 Å². The Morgan fingerprint density at radius 3 is 2.56 bits per heavy atom. The van der Waals surface area contributed by atoms with Gasteiger partial charge in [0.2, 0.25) is 0 Å².